The normalized spacial score (nSPS) is 11.6. The van der Waals surface area contributed by atoms with Crippen LogP contribution in [-0.2, 0) is 0 Å². The molecule has 0 fully saturated rings. The van der Waals surface area contributed by atoms with Gasteiger partial charge in [0, 0.05) is 33.6 Å². The van der Waals surface area contributed by atoms with Crippen LogP contribution in [0.1, 0.15) is 0 Å². The number of anilines is 6. The SMILES string of the molecule is c1ccc(-c2ccc(N(c3ccc(-c4ccccc4)cc3)c3ccc(-c4ccc5c(c4)-c4ccccc4-c4ccccc4N5c4ccccc4)c4ccccc34)cc2)cc1. The Labute approximate surface area is 351 Å². The van der Waals surface area contributed by atoms with Gasteiger partial charge >= 0.3 is 0 Å². The van der Waals surface area contributed by atoms with Gasteiger partial charge in [0.15, 0.2) is 0 Å². The van der Waals surface area contributed by atoms with E-state index in [1.807, 2.05) is 0 Å². The molecule has 0 aromatic heterocycles. The molecule has 10 aromatic rings. The molecule has 0 unspecified atom stereocenters. The molecule has 0 amide bonds. The van der Waals surface area contributed by atoms with E-state index >= 15 is 0 Å². The molecular formula is C58H40N2. The van der Waals surface area contributed by atoms with Gasteiger partial charge in [-0.15, -0.1) is 0 Å². The molecule has 0 saturated heterocycles. The lowest BCUT2D eigenvalue weighted by molar-refractivity contribution is 1.29. The Morgan fingerprint density at radius 3 is 1.33 bits per heavy atom. The van der Waals surface area contributed by atoms with Crippen LogP contribution in [-0.4, -0.2) is 0 Å². The number of hydrogen-bond acceptors (Lipinski definition) is 2. The van der Waals surface area contributed by atoms with Crippen molar-refractivity contribution < 1.29 is 0 Å². The van der Waals surface area contributed by atoms with Gasteiger partial charge in [-0.25, -0.2) is 0 Å². The van der Waals surface area contributed by atoms with Crippen molar-refractivity contribution in [3.63, 3.8) is 0 Å². The topological polar surface area (TPSA) is 6.48 Å². The summed E-state index contributed by atoms with van der Waals surface area (Å²) in [5.74, 6) is 0. The molecule has 11 rings (SSSR count). The molecule has 0 N–H and O–H groups in total. The van der Waals surface area contributed by atoms with Crippen LogP contribution in [0, 0.1) is 0 Å². The molecule has 2 heteroatoms. The van der Waals surface area contributed by atoms with E-state index in [4.69, 9.17) is 0 Å². The number of nitrogens with zero attached hydrogens (tertiary/aromatic N) is 2. The van der Waals surface area contributed by atoms with Gasteiger partial charge in [0.2, 0.25) is 0 Å². The first-order valence-corrected chi connectivity index (χ1v) is 20.6. The van der Waals surface area contributed by atoms with E-state index in [2.05, 4.69) is 252 Å². The second-order valence-corrected chi connectivity index (χ2v) is 15.3. The molecule has 1 aliphatic heterocycles. The maximum Gasteiger partial charge on any atom is 0.0540 e. The zero-order chi connectivity index (χ0) is 39.8. The molecule has 60 heavy (non-hydrogen) atoms. The Morgan fingerprint density at radius 1 is 0.267 bits per heavy atom. The maximum absolute atomic E-state index is 2.42. The highest BCUT2D eigenvalue weighted by molar-refractivity contribution is 6.08. The third kappa shape index (κ3) is 6.23. The molecule has 282 valence electrons. The first-order valence-electron chi connectivity index (χ1n) is 20.6. The highest BCUT2D eigenvalue weighted by atomic mass is 15.2. The van der Waals surface area contributed by atoms with E-state index in [1.54, 1.807) is 0 Å². The molecule has 1 heterocycles. The Bertz CT molecular complexity index is 3040. The fourth-order valence-corrected chi connectivity index (χ4v) is 8.97. The Hall–Kier alpha value is -7.94. The largest absolute Gasteiger partial charge is 0.310 e. The Kier molecular flexibility index (Phi) is 8.87. The van der Waals surface area contributed by atoms with Gasteiger partial charge in [0.25, 0.3) is 0 Å². The molecular weight excluding hydrogens is 725 g/mol. The summed E-state index contributed by atoms with van der Waals surface area (Å²) < 4.78 is 0. The van der Waals surface area contributed by atoms with Gasteiger partial charge in [-0.2, -0.15) is 0 Å². The van der Waals surface area contributed by atoms with E-state index in [0.717, 1.165) is 28.4 Å². The number of rotatable bonds is 7. The van der Waals surface area contributed by atoms with Gasteiger partial charge in [-0.3, -0.25) is 0 Å². The fraction of sp³-hybridized carbons (Fsp3) is 0. The standard InChI is InChI=1S/C58H40N2/c1-4-16-41(17-5-1)43-28-33-47(34-29-43)59(48-35-30-44(31-36-48)42-18-6-2-7-19-42)57-39-37-49(50-22-12-13-25-53(50)57)45-32-38-58-55(40-45)52-24-11-10-23-51(52)54-26-14-15-27-56(54)60(58)46-20-8-3-9-21-46/h1-40H. The predicted octanol–water partition coefficient (Wildman–Crippen LogP) is 16.4. The maximum atomic E-state index is 2.42. The second kappa shape index (κ2) is 15.1. The van der Waals surface area contributed by atoms with Gasteiger partial charge in [-0.1, -0.05) is 182 Å². The second-order valence-electron chi connectivity index (χ2n) is 15.3. The van der Waals surface area contributed by atoms with Crippen molar-refractivity contribution in [2.75, 3.05) is 9.80 Å². The van der Waals surface area contributed by atoms with Crippen molar-refractivity contribution in [1.82, 2.24) is 0 Å². The van der Waals surface area contributed by atoms with Crippen molar-refractivity contribution in [2.45, 2.75) is 0 Å². The summed E-state index contributed by atoms with van der Waals surface area (Å²) >= 11 is 0. The lowest BCUT2D eigenvalue weighted by Gasteiger charge is -2.28. The highest BCUT2D eigenvalue weighted by Crippen LogP contribution is 2.52. The first kappa shape index (κ1) is 35.2. The van der Waals surface area contributed by atoms with Crippen LogP contribution in [0.4, 0.5) is 34.1 Å². The summed E-state index contributed by atoms with van der Waals surface area (Å²) in [5, 5.41) is 2.38. The summed E-state index contributed by atoms with van der Waals surface area (Å²) in [4.78, 5) is 4.82. The zero-order valence-corrected chi connectivity index (χ0v) is 33.0. The average Bonchev–Trinajstić information content (AvgIpc) is 3.45. The third-order valence-electron chi connectivity index (χ3n) is 11.8. The van der Waals surface area contributed by atoms with E-state index in [9.17, 15) is 0 Å². The van der Waals surface area contributed by atoms with Gasteiger partial charge < -0.3 is 9.80 Å². The highest BCUT2D eigenvalue weighted by Gasteiger charge is 2.26. The van der Waals surface area contributed by atoms with Crippen molar-refractivity contribution in [3.05, 3.63) is 243 Å². The molecule has 2 nitrogen and oxygen atoms in total. The first-order chi connectivity index (χ1) is 29.8. The number of hydrogen-bond donors (Lipinski definition) is 0. The number of fused-ring (bicyclic) bond motifs is 6. The summed E-state index contributed by atoms with van der Waals surface area (Å²) in [6.07, 6.45) is 0. The molecule has 0 spiro atoms. The molecule has 0 radical (unpaired) electrons. The lowest BCUT2D eigenvalue weighted by Crippen LogP contribution is -2.11. The summed E-state index contributed by atoms with van der Waals surface area (Å²) in [7, 11) is 0. The van der Waals surface area contributed by atoms with Crippen LogP contribution in [0.2, 0.25) is 0 Å². The Balaban J connectivity index is 1.07. The minimum Gasteiger partial charge on any atom is -0.310 e. The minimum absolute atomic E-state index is 1.10. The van der Waals surface area contributed by atoms with Crippen molar-refractivity contribution in [2.24, 2.45) is 0 Å². The number of para-hydroxylation sites is 2. The molecule has 0 saturated carbocycles. The summed E-state index contributed by atoms with van der Waals surface area (Å²) in [6, 6.07) is 88.0. The van der Waals surface area contributed by atoms with Crippen molar-refractivity contribution >= 4 is 44.9 Å². The molecule has 0 aliphatic carbocycles. The van der Waals surface area contributed by atoms with E-state index in [0.29, 0.717) is 0 Å². The summed E-state index contributed by atoms with van der Waals surface area (Å²) in [6.45, 7) is 0. The third-order valence-corrected chi connectivity index (χ3v) is 11.8. The van der Waals surface area contributed by atoms with E-state index in [-0.39, 0.29) is 0 Å². The molecule has 0 bridgehead atoms. The number of benzene rings is 10. The Morgan fingerprint density at radius 2 is 0.717 bits per heavy atom. The molecule has 0 atom stereocenters. The van der Waals surface area contributed by atoms with Gasteiger partial charge in [-0.05, 0) is 111 Å². The monoisotopic (exact) mass is 764 g/mol. The molecule has 1 aliphatic rings. The van der Waals surface area contributed by atoms with Crippen LogP contribution in [0.25, 0.3) is 66.4 Å². The minimum atomic E-state index is 1.10. The van der Waals surface area contributed by atoms with Crippen molar-refractivity contribution in [1.29, 1.82) is 0 Å². The van der Waals surface area contributed by atoms with Crippen LogP contribution >= 0.6 is 0 Å². The van der Waals surface area contributed by atoms with Crippen LogP contribution in [0.15, 0.2) is 243 Å². The van der Waals surface area contributed by atoms with E-state index < -0.39 is 0 Å². The van der Waals surface area contributed by atoms with Gasteiger partial charge in [0.05, 0.1) is 17.1 Å². The van der Waals surface area contributed by atoms with Crippen molar-refractivity contribution in [3.8, 4) is 55.6 Å². The van der Waals surface area contributed by atoms with Crippen LogP contribution in [0.5, 0.6) is 0 Å². The predicted molar refractivity (Wildman–Crippen MR) is 254 cm³/mol. The van der Waals surface area contributed by atoms with Gasteiger partial charge in [0.1, 0.15) is 0 Å². The average molecular weight is 765 g/mol. The lowest BCUT2D eigenvalue weighted by atomic mass is 9.91. The quantitative estimate of drug-likeness (QED) is 0.159. The summed E-state index contributed by atoms with van der Waals surface area (Å²) in [5.41, 5.74) is 18.8. The zero-order valence-electron chi connectivity index (χ0n) is 33.0. The molecule has 10 aromatic carbocycles. The van der Waals surface area contributed by atoms with E-state index in [1.165, 1.54) is 72.1 Å². The van der Waals surface area contributed by atoms with Crippen LogP contribution in [0.3, 0.4) is 0 Å². The fourth-order valence-electron chi connectivity index (χ4n) is 8.97. The van der Waals surface area contributed by atoms with Crippen LogP contribution < -0.4 is 9.80 Å². The smallest absolute Gasteiger partial charge is 0.0540 e.